The molecular weight excluding hydrogens is 454 g/mol. The van der Waals surface area contributed by atoms with Crippen molar-refractivity contribution in [2.45, 2.75) is 5.16 Å². The second-order valence-electron chi connectivity index (χ2n) is 7.32. The Labute approximate surface area is 200 Å². The van der Waals surface area contributed by atoms with Gasteiger partial charge >= 0.3 is 0 Å². The van der Waals surface area contributed by atoms with Crippen LogP contribution in [0.2, 0.25) is 0 Å². The van der Waals surface area contributed by atoms with Gasteiger partial charge in [-0.25, -0.2) is 0 Å². The van der Waals surface area contributed by atoms with Crippen molar-refractivity contribution in [1.29, 1.82) is 0 Å². The summed E-state index contributed by atoms with van der Waals surface area (Å²) in [6.45, 7) is 0.197. The van der Waals surface area contributed by atoms with Crippen molar-refractivity contribution in [3.8, 4) is 40.1 Å². The highest BCUT2D eigenvalue weighted by Crippen LogP contribution is 2.37. The van der Waals surface area contributed by atoms with Gasteiger partial charge in [-0.05, 0) is 42.5 Å². The highest BCUT2D eigenvalue weighted by molar-refractivity contribution is 7.99. The van der Waals surface area contributed by atoms with E-state index in [0.717, 1.165) is 11.3 Å². The number of fused-ring (bicyclic) bond motifs is 1. The summed E-state index contributed by atoms with van der Waals surface area (Å²) in [4.78, 5) is 13.0. The maximum atomic E-state index is 13.0. The molecule has 0 radical (unpaired) electrons. The second-order valence-corrected chi connectivity index (χ2v) is 8.27. The number of thioether (sulfide) groups is 1. The Bertz CT molecular complexity index is 1340. The SMILES string of the molecule is COc1ccc(C(=O)CSc2nnc(-c3ccc4c(c3)OCO4)n2-c2ccccc2)c(OC)c1. The molecule has 8 nitrogen and oxygen atoms in total. The third-order valence-electron chi connectivity index (χ3n) is 5.32. The van der Waals surface area contributed by atoms with Gasteiger partial charge in [0.2, 0.25) is 6.79 Å². The molecule has 0 unspecified atom stereocenters. The van der Waals surface area contributed by atoms with E-state index >= 15 is 0 Å². The van der Waals surface area contributed by atoms with Crippen LogP contribution < -0.4 is 18.9 Å². The maximum absolute atomic E-state index is 13.0. The Morgan fingerprint density at radius 1 is 0.971 bits per heavy atom. The third kappa shape index (κ3) is 4.17. The first kappa shape index (κ1) is 21.8. The molecule has 1 aromatic heterocycles. The van der Waals surface area contributed by atoms with Crippen LogP contribution in [0.25, 0.3) is 17.1 Å². The van der Waals surface area contributed by atoms with Gasteiger partial charge in [0.15, 0.2) is 28.3 Å². The minimum Gasteiger partial charge on any atom is -0.497 e. The molecule has 1 aliphatic heterocycles. The fraction of sp³-hybridized carbons (Fsp3) is 0.160. The predicted molar refractivity (Wildman–Crippen MR) is 128 cm³/mol. The molecule has 0 fully saturated rings. The van der Waals surface area contributed by atoms with Crippen LogP contribution in [0.4, 0.5) is 0 Å². The number of ketones is 1. The van der Waals surface area contributed by atoms with Crippen LogP contribution >= 0.6 is 11.8 Å². The van der Waals surface area contributed by atoms with E-state index in [0.29, 0.717) is 39.5 Å². The molecule has 0 spiro atoms. The fourth-order valence-corrected chi connectivity index (χ4v) is 4.47. The zero-order valence-corrected chi connectivity index (χ0v) is 19.4. The summed E-state index contributed by atoms with van der Waals surface area (Å²) in [5, 5.41) is 9.43. The third-order valence-corrected chi connectivity index (χ3v) is 6.25. The van der Waals surface area contributed by atoms with Crippen molar-refractivity contribution in [1.82, 2.24) is 14.8 Å². The van der Waals surface area contributed by atoms with Crippen LogP contribution in [0.5, 0.6) is 23.0 Å². The Balaban J connectivity index is 1.46. The number of Topliss-reactive ketones (excluding diaryl/α,β-unsaturated/α-hetero) is 1. The number of hydrogen-bond donors (Lipinski definition) is 0. The molecule has 5 rings (SSSR count). The summed E-state index contributed by atoms with van der Waals surface area (Å²) in [6, 6.07) is 20.6. The molecule has 1 aliphatic rings. The molecule has 2 heterocycles. The van der Waals surface area contributed by atoms with E-state index < -0.39 is 0 Å². The van der Waals surface area contributed by atoms with Gasteiger partial charge in [-0.15, -0.1) is 10.2 Å². The van der Waals surface area contributed by atoms with Crippen molar-refractivity contribution >= 4 is 17.5 Å². The highest BCUT2D eigenvalue weighted by Gasteiger charge is 2.21. The normalized spacial score (nSPS) is 11.9. The number of carbonyl (C=O) groups excluding carboxylic acids is 1. The summed E-state index contributed by atoms with van der Waals surface area (Å²) in [5.41, 5.74) is 2.20. The molecule has 0 atom stereocenters. The van der Waals surface area contributed by atoms with Gasteiger partial charge in [0.1, 0.15) is 11.5 Å². The molecule has 0 amide bonds. The lowest BCUT2D eigenvalue weighted by Gasteiger charge is -2.11. The lowest BCUT2D eigenvalue weighted by Crippen LogP contribution is -2.07. The molecule has 0 saturated carbocycles. The summed E-state index contributed by atoms with van der Waals surface area (Å²) in [5.74, 6) is 3.17. The van der Waals surface area contributed by atoms with Gasteiger partial charge in [0.05, 0.1) is 25.5 Å². The van der Waals surface area contributed by atoms with Crippen molar-refractivity contribution in [2.24, 2.45) is 0 Å². The van der Waals surface area contributed by atoms with Crippen molar-refractivity contribution in [3.05, 3.63) is 72.3 Å². The van der Waals surface area contributed by atoms with Crippen LogP contribution in [-0.2, 0) is 0 Å². The first-order chi connectivity index (χ1) is 16.7. The molecule has 0 N–H and O–H groups in total. The van der Waals surface area contributed by atoms with E-state index in [1.165, 1.54) is 18.9 Å². The van der Waals surface area contributed by atoms with E-state index in [1.54, 1.807) is 25.3 Å². The zero-order valence-electron chi connectivity index (χ0n) is 18.6. The maximum Gasteiger partial charge on any atom is 0.231 e. The standard InChI is InChI=1S/C25H21N3O5S/c1-30-18-9-10-19(22(13-18)31-2)20(29)14-34-25-27-26-24(28(25)17-6-4-3-5-7-17)16-8-11-21-23(12-16)33-15-32-21/h3-13H,14-15H2,1-2H3. The first-order valence-corrected chi connectivity index (χ1v) is 11.5. The lowest BCUT2D eigenvalue weighted by atomic mass is 10.1. The number of aromatic nitrogens is 3. The van der Waals surface area contributed by atoms with E-state index in [4.69, 9.17) is 18.9 Å². The lowest BCUT2D eigenvalue weighted by molar-refractivity contribution is 0.101. The largest absolute Gasteiger partial charge is 0.497 e. The number of ether oxygens (including phenoxy) is 4. The number of rotatable bonds is 8. The zero-order chi connectivity index (χ0) is 23.5. The van der Waals surface area contributed by atoms with Crippen LogP contribution in [0.3, 0.4) is 0 Å². The molecule has 9 heteroatoms. The number of carbonyl (C=O) groups is 1. The van der Waals surface area contributed by atoms with E-state index in [1.807, 2.05) is 53.1 Å². The quantitative estimate of drug-likeness (QED) is 0.269. The van der Waals surface area contributed by atoms with Gasteiger partial charge in [0.25, 0.3) is 0 Å². The van der Waals surface area contributed by atoms with Gasteiger partial charge in [0, 0.05) is 17.3 Å². The monoisotopic (exact) mass is 475 g/mol. The number of hydrogen-bond acceptors (Lipinski definition) is 8. The van der Waals surface area contributed by atoms with E-state index in [2.05, 4.69) is 10.2 Å². The Kier molecular flexibility index (Phi) is 6.09. The van der Waals surface area contributed by atoms with Crippen LogP contribution in [0.15, 0.2) is 71.9 Å². The Morgan fingerprint density at radius 2 is 1.79 bits per heavy atom. The summed E-state index contributed by atoms with van der Waals surface area (Å²) < 4.78 is 23.5. The van der Waals surface area contributed by atoms with Crippen molar-refractivity contribution < 1.29 is 23.7 Å². The van der Waals surface area contributed by atoms with Crippen LogP contribution in [0.1, 0.15) is 10.4 Å². The van der Waals surface area contributed by atoms with Crippen molar-refractivity contribution in [3.63, 3.8) is 0 Å². The topological polar surface area (TPSA) is 84.7 Å². The van der Waals surface area contributed by atoms with Crippen LogP contribution in [0, 0.1) is 0 Å². The molecule has 0 bridgehead atoms. The number of nitrogens with zero attached hydrogens (tertiary/aromatic N) is 3. The molecule has 4 aromatic rings. The van der Waals surface area contributed by atoms with Crippen LogP contribution in [-0.4, -0.2) is 47.3 Å². The van der Waals surface area contributed by atoms with Gasteiger partial charge in [-0.2, -0.15) is 0 Å². The Morgan fingerprint density at radius 3 is 2.59 bits per heavy atom. The number of para-hydroxylation sites is 1. The average Bonchev–Trinajstić information content (AvgIpc) is 3.53. The fourth-order valence-electron chi connectivity index (χ4n) is 3.63. The molecule has 34 heavy (non-hydrogen) atoms. The number of benzene rings is 3. The highest BCUT2D eigenvalue weighted by atomic mass is 32.2. The average molecular weight is 476 g/mol. The molecule has 0 aliphatic carbocycles. The smallest absolute Gasteiger partial charge is 0.231 e. The summed E-state index contributed by atoms with van der Waals surface area (Å²) >= 11 is 1.31. The minimum atomic E-state index is -0.0863. The first-order valence-electron chi connectivity index (χ1n) is 10.5. The number of methoxy groups -OCH3 is 2. The van der Waals surface area contributed by atoms with E-state index in [9.17, 15) is 4.79 Å². The minimum absolute atomic E-state index is 0.0863. The molecule has 172 valence electrons. The summed E-state index contributed by atoms with van der Waals surface area (Å²) in [6.07, 6.45) is 0. The predicted octanol–water partition coefficient (Wildman–Crippen LogP) is 4.66. The molecular formula is C25H21N3O5S. The Hall–Kier alpha value is -3.98. The summed E-state index contributed by atoms with van der Waals surface area (Å²) in [7, 11) is 3.10. The second kappa shape index (κ2) is 9.48. The van der Waals surface area contributed by atoms with Gasteiger partial charge in [-0.1, -0.05) is 30.0 Å². The molecule has 3 aromatic carbocycles. The molecule has 0 saturated heterocycles. The van der Waals surface area contributed by atoms with Crippen molar-refractivity contribution in [2.75, 3.05) is 26.8 Å². The van der Waals surface area contributed by atoms with Gasteiger partial charge < -0.3 is 18.9 Å². The van der Waals surface area contributed by atoms with Gasteiger partial charge in [-0.3, -0.25) is 9.36 Å². The van der Waals surface area contributed by atoms with E-state index in [-0.39, 0.29) is 18.3 Å².